The lowest BCUT2D eigenvalue weighted by atomic mass is 9.82. The van der Waals surface area contributed by atoms with Crippen molar-refractivity contribution in [3.8, 4) is 0 Å². The number of amides is 2. The second-order valence-corrected chi connectivity index (χ2v) is 12.6. The first-order chi connectivity index (χ1) is 19.6. The summed E-state index contributed by atoms with van der Waals surface area (Å²) in [5.41, 5.74) is -1.25. The van der Waals surface area contributed by atoms with E-state index >= 15 is 0 Å². The molecule has 5 rings (SSSR count). The molecule has 2 aromatic carbocycles. The maximum Gasteiger partial charge on any atom is 0.296 e. The van der Waals surface area contributed by atoms with Crippen LogP contribution in [0.5, 0.6) is 0 Å². The minimum Gasteiger partial charge on any atom is -0.507 e. The van der Waals surface area contributed by atoms with Crippen LogP contribution in [0.4, 0.5) is 5.69 Å². The average Bonchev–Trinajstić information content (AvgIpc) is 3.35. The number of fused-ring (bicyclic) bond motifs is 2. The van der Waals surface area contributed by atoms with Crippen LogP contribution in [-0.2, 0) is 34.7 Å². The largest absolute Gasteiger partial charge is 0.507 e. The standard InChI is InChI=1S/C29H34N4O7S/c1-4-32-23-12-6-5-11-22(23)29(28(32)37)24(25(34)20-9-7-10-21(19-20)41(38,39)30(2)3)26(35)27(36)33(29)14-8-13-31-15-17-40-18-16-31/h5-7,9-12,19,34H,4,8,13-18H2,1-3H3/b25-24+. The summed E-state index contributed by atoms with van der Waals surface area (Å²) < 4.78 is 32.1. The Labute approximate surface area is 239 Å². The number of sulfonamides is 1. The zero-order chi connectivity index (χ0) is 29.5. The second kappa shape index (κ2) is 11.0. The van der Waals surface area contributed by atoms with E-state index in [9.17, 15) is 27.9 Å². The fourth-order valence-corrected chi connectivity index (χ4v) is 6.86. The number of benzene rings is 2. The monoisotopic (exact) mass is 582 g/mol. The quantitative estimate of drug-likeness (QED) is 0.283. The van der Waals surface area contributed by atoms with E-state index in [0.717, 1.165) is 17.4 Å². The van der Waals surface area contributed by atoms with Crippen LogP contribution in [0.2, 0.25) is 0 Å². The van der Waals surface area contributed by atoms with Gasteiger partial charge in [-0.1, -0.05) is 30.3 Å². The topological polar surface area (TPSA) is 128 Å². The van der Waals surface area contributed by atoms with Crippen LogP contribution >= 0.6 is 0 Å². The van der Waals surface area contributed by atoms with Gasteiger partial charge in [-0.2, -0.15) is 0 Å². The van der Waals surface area contributed by atoms with Gasteiger partial charge in [-0.3, -0.25) is 19.3 Å². The number of ketones is 1. The summed E-state index contributed by atoms with van der Waals surface area (Å²) in [5, 5.41) is 11.7. The Bertz CT molecular complexity index is 1530. The van der Waals surface area contributed by atoms with Crippen molar-refractivity contribution >= 4 is 39.1 Å². The number of aliphatic hydroxyl groups is 1. The number of hydrogen-bond donors (Lipinski definition) is 1. The number of carbonyl (C=O) groups excluding carboxylic acids is 3. The number of rotatable bonds is 8. The maximum atomic E-state index is 14.4. The number of ether oxygens (including phenoxy) is 1. The predicted octanol–water partition coefficient (Wildman–Crippen LogP) is 1.60. The van der Waals surface area contributed by atoms with Crippen LogP contribution < -0.4 is 4.90 Å². The molecule has 1 atom stereocenters. The van der Waals surface area contributed by atoms with Crippen LogP contribution in [0.3, 0.4) is 0 Å². The lowest BCUT2D eigenvalue weighted by Crippen LogP contribution is -2.52. The number of carbonyl (C=O) groups is 3. The molecule has 2 aromatic rings. The van der Waals surface area contributed by atoms with Gasteiger partial charge in [0.2, 0.25) is 10.0 Å². The van der Waals surface area contributed by atoms with Crippen molar-refractivity contribution in [2.45, 2.75) is 23.8 Å². The summed E-state index contributed by atoms with van der Waals surface area (Å²) in [4.78, 5) is 46.7. The highest BCUT2D eigenvalue weighted by Crippen LogP contribution is 2.53. The molecule has 1 spiro atoms. The third-order valence-electron chi connectivity index (χ3n) is 7.97. The zero-order valence-electron chi connectivity index (χ0n) is 23.4. The number of Topliss-reactive ketones (excluding diaryl/α,β-unsaturated/α-hetero) is 1. The van der Waals surface area contributed by atoms with Gasteiger partial charge in [0.25, 0.3) is 17.6 Å². The normalized spacial score (nSPS) is 22.8. The van der Waals surface area contributed by atoms with Crippen LogP contribution in [0.15, 0.2) is 59.0 Å². The first kappa shape index (κ1) is 28.9. The Balaban J connectivity index is 1.67. The van der Waals surface area contributed by atoms with Crippen molar-refractivity contribution in [2.24, 2.45) is 0 Å². The molecule has 0 radical (unpaired) electrons. The Hall–Kier alpha value is -3.58. The highest BCUT2D eigenvalue weighted by Gasteiger charge is 2.66. The van der Waals surface area contributed by atoms with E-state index in [1.807, 2.05) is 0 Å². The zero-order valence-corrected chi connectivity index (χ0v) is 24.2. The summed E-state index contributed by atoms with van der Waals surface area (Å²) in [7, 11) is -1.09. The number of aliphatic hydroxyl groups excluding tert-OH is 1. The molecule has 0 aliphatic carbocycles. The van der Waals surface area contributed by atoms with Gasteiger partial charge in [-0.15, -0.1) is 0 Å². The Kier molecular flexibility index (Phi) is 7.77. The van der Waals surface area contributed by atoms with Gasteiger partial charge in [0.05, 0.1) is 29.4 Å². The second-order valence-electron chi connectivity index (χ2n) is 10.4. The van der Waals surface area contributed by atoms with E-state index in [2.05, 4.69) is 4.90 Å². The summed E-state index contributed by atoms with van der Waals surface area (Å²) >= 11 is 0. The van der Waals surface area contributed by atoms with Gasteiger partial charge in [0, 0.05) is 57.9 Å². The van der Waals surface area contributed by atoms with Crippen LogP contribution in [0.25, 0.3) is 5.76 Å². The van der Waals surface area contributed by atoms with Gasteiger partial charge in [-0.25, -0.2) is 12.7 Å². The minimum atomic E-state index is -3.87. The van der Waals surface area contributed by atoms with Crippen molar-refractivity contribution in [2.75, 3.05) is 64.9 Å². The molecule has 3 aliphatic heterocycles. The third kappa shape index (κ3) is 4.55. The van der Waals surface area contributed by atoms with E-state index in [-0.39, 0.29) is 29.1 Å². The van der Waals surface area contributed by atoms with Crippen LogP contribution in [0, 0.1) is 0 Å². The van der Waals surface area contributed by atoms with E-state index in [1.165, 1.54) is 48.2 Å². The lowest BCUT2D eigenvalue weighted by Gasteiger charge is -2.35. The van der Waals surface area contributed by atoms with Crippen molar-refractivity contribution < 1.29 is 32.6 Å². The highest BCUT2D eigenvalue weighted by atomic mass is 32.2. The molecule has 2 saturated heterocycles. The molecule has 218 valence electrons. The van der Waals surface area contributed by atoms with Crippen LogP contribution in [-0.4, -0.2) is 105 Å². The van der Waals surface area contributed by atoms with E-state index < -0.39 is 38.9 Å². The number of likely N-dealkylation sites (N-methyl/N-ethyl adjacent to an activating group) is 1. The smallest absolute Gasteiger partial charge is 0.296 e. The Morgan fingerprint density at radius 3 is 2.41 bits per heavy atom. The number of anilines is 1. The summed E-state index contributed by atoms with van der Waals surface area (Å²) in [6.07, 6.45) is 0.493. The molecule has 0 aromatic heterocycles. The predicted molar refractivity (Wildman–Crippen MR) is 152 cm³/mol. The number of hydrogen-bond acceptors (Lipinski definition) is 8. The minimum absolute atomic E-state index is 0.0128. The molecule has 2 amide bonds. The van der Waals surface area contributed by atoms with E-state index in [4.69, 9.17) is 4.74 Å². The number of para-hydroxylation sites is 1. The average molecular weight is 583 g/mol. The van der Waals surface area contributed by atoms with E-state index in [1.54, 1.807) is 31.2 Å². The summed E-state index contributed by atoms with van der Waals surface area (Å²) in [6.45, 7) is 5.56. The number of nitrogens with zero attached hydrogens (tertiary/aromatic N) is 4. The van der Waals surface area contributed by atoms with Gasteiger partial charge in [-0.05, 0) is 31.5 Å². The van der Waals surface area contributed by atoms with E-state index in [0.29, 0.717) is 37.4 Å². The summed E-state index contributed by atoms with van der Waals surface area (Å²) in [5.74, 6) is -2.98. The van der Waals surface area contributed by atoms with Gasteiger partial charge < -0.3 is 19.6 Å². The molecular weight excluding hydrogens is 548 g/mol. The molecule has 3 heterocycles. The molecule has 11 nitrogen and oxygen atoms in total. The Morgan fingerprint density at radius 2 is 1.73 bits per heavy atom. The van der Waals surface area contributed by atoms with Gasteiger partial charge >= 0.3 is 0 Å². The first-order valence-electron chi connectivity index (χ1n) is 13.6. The molecule has 12 heteroatoms. The molecule has 0 saturated carbocycles. The Morgan fingerprint density at radius 1 is 1.02 bits per heavy atom. The molecule has 1 unspecified atom stereocenters. The SMILES string of the molecule is CCN1C(=O)C2(/C(=C(/O)c3cccc(S(=O)(=O)N(C)C)c3)C(=O)C(=O)N2CCCN2CCOCC2)c2ccccc21. The number of likely N-dealkylation sites (tertiary alicyclic amines) is 1. The van der Waals surface area contributed by atoms with Gasteiger partial charge in [0.1, 0.15) is 5.76 Å². The molecular formula is C29H34N4O7S. The van der Waals surface area contributed by atoms with Crippen molar-refractivity contribution in [3.63, 3.8) is 0 Å². The fraction of sp³-hybridized carbons (Fsp3) is 0.414. The molecule has 2 fully saturated rings. The number of morpholine rings is 1. The maximum absolute atomic E-state index is 14.4. The van der Waals surface area contributed by atoms with Crippen molar-refractivity contribution in [3.05, 3.63) is 65.2 Å². The molecule has 1 N–H and O–H groups in total. The molecule has 0 bridgehead atoms. The van der Waals surface area contributed by atoms with Crippen molar-refractivity contribution in [1.29, 1.82) is 0 Å². The lowest BCUT2D eigenvalue weighted by molar-refractivity contribution is -0.143. The van der Waals surface area contributed by atoms with Gasteiger partial charge in [0.15, 0.2) is 5.54 Å². The fourth-order valence-electron chi connectivity index (χ4n) is 5.92. The highest BCUT2D eigenvalue weighted by molar-refractivity contribution is 7.89. The molecule has 3 aliphatic rings. The van der Waals surface area contributed by atoms with Crippen molar-refractivity contribution in [1.82, 2.24) is 14.1 Å². The first-order valence-corrected chi connectivity index (χ1v) is 15.0. The third-order valence-corrected chi connectivity index (χ3v) is 9.78. The van der Waals surface area contributed by atoms with Crippen LogP contribution in [0.1, 0.15) is 24.5 Å². The summed E-state index contributed by atoms with van der Waals surface area (Å²) in [6, 6.07) is 12.5. The molecule has 41 heavy (non-hydrogen) atoms.